The van der Waals surface area contributed by atoms with Crippen LogP contribution in [-0.4, -0.2) is 107 Å². The van der Waals surface area contributed by atoms with E-state index in [4.69, 9.17) is 9.47 Å². The third kappa shape index (κ3) is 10.5. The van der Waals surface area contributed by atoms with Crippen LogP contribution in [0.1, 0.15) is 101 Å². The Morgan fingerprint density at radius 3 is 1.98 bits per heavy atom. The van der Waals surface area contributed by atoms with Crippen LogP contribution in [0.25, 0.3) is 0 Å². The van der Waals surface area contributed by atoms with Crippen LogP contribution in [-0.2, 0) is 38.2 Å². The van der Waals surface area contributed by atoms with Crippen LogP contribution < -0.4 is 5.32 Å². The number of rotatable bonds is 8. The lowest BCUT2D eigenvalue weighted by molar-refractivity contribution is -0.172. The summed E-state index contributed by atoms with van der Waals surface area (Å²) in [6.45, 7) is 16.4. The van der Waals surface area contributed by atoms with Gasteiger partial charge in [0.15, 0.2) is 6.10 Å². The fraction of sp³-hybridized carbons (Fsp3) is 0.784. The van der Waals surface area contributed by atoms with Crippen molar-refractivity contribution in [3.8, 4) is 10.8 Å². The first-order valence-electron chi connectivity index (χ1n) is 18.0. The maximum absolute atomic E-state index is 14.1. The molecule has 2 saturated heterocycles. The molecule has 0 radical (unpaired) electrons. The summed E-state index contributed by atoms with van der Waals surface area (Å²) < 4.78 is 12.0. The fourth-order valence-corrected chi connectivity index (χ4v) is 6.95. The number of likely N-dealkylation sites (N-methyl/N-ethyl adjacent to an activating group) is 2. The number of carbonyl (C=O) groups excluding carboxylic acids is 6. The van der Waals surface area contributed by atoms with Gasteiger partial charge >= 0.3 is 11.9 Å². The second-order valence-electron chi connectivity index (χ2n) is 14.9. The molecular formula is C37H59BrN4O8. The summed E-state index contributed by atoms with van der Waals surface area (Å²) in [5.41, 5.74) is 0. The summed E-state index contributed by atoms with van der Waals surface area (Å²) in [6, 6.07) is -3.92. The summed E-state index contributed by atoms with van der Waals surface area (Å²) in [5.74, 6) is -2.73. The zero-order valence-electron chi connectivity index (χ0n) is 31.8. The van der Waals surface area contributed by atoms with Gasteiger partial charge in [0.05, 0.1) is 5.92 Å². The largest absolute Gasteiger partial charge is 0.460 e. The van der Waals surface area contributed by atoms with Crippen molar-refractivity contribution in [1.29, 1.82) is 0 Å². The average molecular weight is 768 g/mol. The number of carbonyl (C=O) groups is 6. The molecule has 12 nitrogen and oxygen atoms in total. The molecule has 2 fully saturated rings. The quantitative estimate of drug-likeness (QED) is 0.221. The minimum Gasteiger partial charge on any atom is -0.460 e. The van der Waals surface area contributed by atoms with E-state index < -0.39 is 83.8 Å². The molecule has 0 bridgehead atoms. The molecule has 2 heterocycles. The molecular weight excluding hydrogens is 708 g/mol. The minimum absolute atomic E-state index is 0.286. The van der Waals surface area contributed by atoms with E-state index in [-0.39, 0.29) is 24.3 Å². The number of hydrogen-bond acceptors (Lipinski definition) is 8. The maximum Gasteiger partial charge on any atom is 0.329 e. The summed E-state index contributed by atoms with van der Waals surface area (Å²) in [7, 11) is 3.03. The monoisotopic (exact) mass is 766 g/mol. The van der Waals surface area contributed by atoms with Crippen molar-refractivity contribution in [2.75, 3.05) is 20.6 Å². The highest BCUT2D eigenvalue weighted by Crippen LogP contribution is 2.28. The van der Waals surface area contributed by atoms with Crippen LogP contribution in [0.3, 0.4) is 0 Å². The first kappa shape index (κ1) is 43.0. The van der Waals surface area contributed by atoms with E-state index >= 15 is 0 Å². The summed E-state index contributed by atoms with van der Waals surface area (Å²) in [5, 5.41) is 2.88. The van der Waals surface area contributed by atoms with Gasteiger partial charge in [-0.25, -0.2) is 9.59 Å². The molecule has 0 saturated carbocycles. The third-order valence-electron chi connectivity index (χ3n) is 10.1. The second kappa shape index (κ2) is 19.5. The number of amides is 4. The number of nitrogens with zero attached hydrogens (tertiary/aromatic N) is 3. The Kier molecular flexibility index (Phi) is 16.7. The standard InChI is InChI=1S/C37H59BrN4O8/c1-12-24(8)30-37(48)50-31(23(6)7)35(46)42-20-16-17-26(42)33(44)40(10)29(22(4)5)36(47)49-27(18-14-13-15-19-38)25(9)32(43)39-28(21(2)3)34(45)41(30)11/h21-31H,12-14,16-18,20H2,1-11H3,(H,39,43). The molecule has 0 aromatic heterocycles. The van der Waals surface area contributed by atoms with E-state index in [0.29, 0.717) is 38.5 Å². The zero-order valence-corrected chi connectivity index (χ0v) is 33.4. The van der Waals surface area contributed by atoms with E-state index in [9.17, 15) is 28.8 Å². The SMILES string of the molecule is CCC(C)C1C(=O)OC(C(C)C)C(=O)N2CCCC2C(=O)N(C)C(C(C)C)C(=O)OC(CCCC#CBr)C(C)C(=O)NC(C(C)C)C(=O)N1C. The Hall–Kier alpha value is -3.14. The first-order chi connectivity index (χ1) is 23.4. The van der Waals surface area contributed by atoms with Crippen LogP contribution in [0, 0.1) is 40.3 Å². The molecule has 8 unspecified atom stereocenters. The summed E-state index contributed by atoms with van der Waals surface area (Å²) in [6.07, 6.45) is 0.714. The highest BCUT2D eigenvalue weighted by Gasteiger charge is 2.46. The van der Waals surface area contributed by atoms with Crippen molar-refractivity contribution >= 4 is 51.5 Å². The fourth-order valence-electron chi connectivity index (χ4n) is 6.75. The normalized spacial score (nSPS) is 28.8. The van der Waals surface area contributed by atoms with E-state index in [2.05, 4.69) is 32.0 Å². The number of halogens is 1. The van der Waals surface area contributed by atoms with E-state index in [0.717, 1.165) is 0 Å². The van der Waals surface area contributed by atoms with Crippen LogP contribution in [0.15, 0.2) is 0 Å². The van der Waals surface area contributed by atoms with E-state index in [1.807, 2.05) is 13.8 Å². The van der Waals surface area contributed by atoms with Crippen LogP contribution in [0.5, 0.6) is 0 Å². The van der Waals surface area contributed by atoms with Gasteiger partial charge in [-0.15, -0.1) is 0 Å². The lowest BCUT2D eigenvalue weighted by atomic mass is 9.94. The van der Waals surface area contributed by atoms with Crippen molar-refractivity contribution in [2.45, 2.75) is 137 Å². The van der Waals surface area contributed by atoms with Crippen LogP contribution >= 0.6 is 15.9 Å². The number of nitrogens with one attached hydrogen (secondary N) is 1. The van der Waals surface area contributed by atoms with Gasteiger partial charge < -0.3 is 29.5 Å². The molecule has 282 valence electrons. The molecule has 2 rings (SSSR count). The van der Waals surface area contributed by atoms with Crippen LogP contribution in [0.4, 0.5) is 0 Å². The Balaban J connectivity index is 2.74. The lowest BCUT2D eigenvalue weighted by Crippen LogP contribution is -2.58. The zero-order chi connectivity index (χ0) is 38.0. The number of fused-ring (bicyclic) bond motifs is 1. The van der Waals surface area contributed by atoms with Gasteiger partial charge in [0.1, 0.15) is 30.3 Å². The van der Waals surface area contributed by atoms with Crippen LogP contribution in [0.2, 0.25) is 0 Å². The van der Waals surface area contributed by atoms with Gasteiger partial charge in [0.2, 0.25) is 17.7 Å². The van der Waals surface area contributed by atoms with Crippen molar-refractivity contribution in [2.24, 2.45) is 29.6 Å². The van der Waals surface area contributed by atoms with Crippen molar-refractivity contribution in [1.82, 2.24) is 20.0 Å². The number of ether oxygens (including phenoxy) is 2. The van der Waals surface area contributed by atoms with Crippen molar-refractivity contribution in [3.05, 3.63) is 0 Å². The second-order valence-corrected chi connectivity index (χ2v) is 15.3. The Bertz CT molecular complexity index is 1290. The Morgan fingerprint density at radius 2 is 1.44 bits per heavy atom. The number of esters is 2. The highest BCUT2D eigenvalue weighted by molar-refractivity contribution is 9.12. The molecule has 50 heavy (non-hydrogen) atoms. The molecule has 0 aromatic carbocycles. The molecule has 4 amide bonds. The Morgan fingerprint density at radius 1 is 0.840 bits per heavy atom. The molecule has 2 aliphatic rings. The van der Waals surface area contributed by atoms with Gasteiger partial charge in [-0.2, -0.15) is 0 Å². The van der Waals surface area contributed by atoms with Gasteiger partial charge in [-0.1, -0.05) is 74.7 Å². The molecule has 0 aliphatic carbocycles. The average Bonchev–Trinajstić information content (AvgIpc) is 3.55. The summed E-state index contributed by atoms with van der Waals surface area (Å²) >= 11 is 3.09. The number of hydrogen-bond donors (Lipinski definition) is 1. The van der Waals surface area contributed by atoms with Crippen molar-refractivity contribution < 1.29 is 38.2 Å². The maximum atomic E-state index is 14.1. The van der Waals surface area contributed by atoms with Crippen molar-refractivity contribution in [3.63, 3.8) is 0 Å². The predicted molar refractivity (Wildman–Crippen MR) is 193 cm³/mol. The molecule has 0 spiro atoms. The molecule has 13 heteroatoms. The smallest absolute Gasteiger partial charge is 0.329 e. The van der Waals surface area contributed by atoms with E-state index in [1.54, 1.807) is 48.5 Å². The molecule has 0 aromatic rings. The molecule has 1 N–H and O–H groups in total. The number of cyclic esters (lactones) is 2. The summed E-state index contributed by atoms with van der Waals surface area (Å²) in [4.78, 5) is 90.9. The van der Waals surface area contributed by atoms with Gasteiger partial charge in [-0.3, -0.25) is 19.2 Å². The minimum atomic E-state index is -1.21. The lowest BCUT2D eigenvalue weighted by Gasteiger charge is -2.37. The van der Waals surface area contributed by atoms with Gasteiger partial charge in [-0.05, 0) is 54.2 Å². The highest BCUT2D eigenvalue weighted by atomic mass is 79.9. The third-order valence-corrected chi connectivity index (χ3v) is 10.3. The first-order valence-corrected chi connectivity index (χ1v) is 18.8. The predicted octanol–water partition coefficient (Wildman–Crippen LogP) is 4.13. The van der Waals surface area contributed by atoms with Gasteiger partial charge in [0, 0.05) is 43.0 Å². The molecule has 8 atom stereocenters. The topological polar surface area (TPSA) is 143 Å². The number of unbranched alkanes of at least 4 members (excludes halogenated alkanes) is 1. The van der Waals surface area contributed by atoms with E-state index in [1.165, 1.54) is 28.8 Å². The van der Waals surface area contributed by atoms with Gasteiger partial charge in [0.25, 0.3) is 5.91 Å². The molecule has 2 aliphatic heterocycles. The Labute approximate surface area is 307 Å².